The molecular formula is C16H19ClN2O2. The summed E-state index contributed by atoms with van der Waals surface area (Å²) in [6.07, 6.45) is 1.78. The van der Waals surface area contributed by atoms with Gasteiger partial charge in [0.1, 0.15) is 18.1 Å². The summed E-state index contributed by atoms with van der Waals surface area (Å²) >= 11 is 6.12. The highest BCUT2D eigenvalue weighted by Gasteiger charge is 2.12. The minimum Gasteiger partial charge on any atom is -0.496 e. The maximum Gasteiger partial charge on any atom is 0.131 e. The number of nitrogens with two attached hydrogens (primary N) is 1. The van der Waals surface area contributed by atoms with Crippen LogP contribution in [0.4, 0.5) is 0 Å². The molecule has 2 rings (SSSR count). The van der Waals surface area contributed by atoms with Crippen LogP contribution in [0.15, 0.2) is 24.4 Å². The normalized spacial score (nSPS) is 10.5. The molecule has 1 aromatic carbocycles. The van der Waals surface area contributed by atoms with E-state index < -0.39 is 0 Å². The van der Waals surface area contributed by atoms with Crippen LogP contribution < -0.4 is 15.2 Å². The largest absolute Gasteiger partial charge is 0.496 e. The highest BCUT2D eigenvalue weighted by Crippen LogP contribution is 2.28. The van der Waals surface area contributed by atoms with Crippen molar-refractivity contribution in [1.82, 2.24) is 4.98 Å². The van der Waals surface area contributed by atoms with Gasteiger partial charge in [-0.2, -0.15) is 0 Å². The molecule has 0 spiro atoms. The molecule has 0 unspecified atom stereocenters. The van der Waals surface area contributed by atoms with Gasteiger partial charge >= 0.3 is 0 Å². The average molecular weight is 307 g/mol. The number of rotatable bonds is 5. The van der Waals surface area contributed by atoms with Crippen LogP contribution in [-0.2, 0) is 13.2 Å². The van der Waals surface area contributed by atoms with Gasteiger partial charge in [0.2, 0.25) is 0 Å². The van der Waals surface area contributed by atoms with Crippen molar-refractivity contribution in [2.24, 2.45) is 5.73 Å². The lowest BCUT2D eigenvalue weighted by atomic mass is 10.1. The maximum absolute atomic E-state index is 6.12. The predicted octanol–water partition coefficient (Wildman–Crippen LogP) is 3.40. The summed E-state index contributed by atoms with van der Waals surface area (Å²) in [6, 6.07) is 5.50. The number of methoxy groups -OCH3 is 1. The quantitative estimate of drug-likeness (QED) is 0.920. The number of pyridine rings is 1. The molecule has 0 aliphatic carbocycles. The fourth-order valence-corrected chi connectivity index (χ4v) is 2.48. The number of ether oxygens (including phenoxy) is 2. The minimum absolute atomic E-state index is 0.332. The Balaban J connectivity index is 2.23. The van der Waals surface area contributed by atoms with Crippen molar-refractivity contribution in [3.05, 3.63) is 51.8 Å². The zero-order valence-electron chi connectivity index (χ0n) is 12.4. The van der Waals surface area contributed by atoms with Crippen LogP contribution in [-0.4, -0.2) is 12.1 Å². The van der Waals surface area contributed by atoms with Crippen molar-refractivity contribution in [3.63, 3.8) is 0 Å². The van der Waals surface area contributed by atoms with Crippen molar-refractivity contribution in [2.75, 3.05) is 7.11 Å². The van der Waals surface area contributed by atoms with Gasteiger partial charge in [-0.15, -0.1) is 0 Å². The summed E-state index contributed by atoms with van der Waals surface area (Å²) in [5.74, 6) is 1.53. The number of hydrogen-bond acceptors (Lipinski definition) is 4. The van der Waals surface area contributed by atoms with Crippen molar-refractivity contribution >= 4 is 11.6 Å². The topological polar surface area (TPSA) is 57.4 Å². The van der Waals surface area contributed by atoms with Crippen LogP contribution in [0.3, 0.4) is 0 Å². The Morgan fingerprint density at radius 2 is 2.05 bits per heavy atom. The molecule has 1 aromatic heterocycles. The zero-order valence-corrected chi connectivity index (χ0v) is 13.2. The summed E-state index contributed by atoms with van der Waals surface area (Å²) < 4.78 is 11.2. The standard InChI is InChI=1S/C16H19ClN2O2/c1-10-8-19-14(11(2)16(10)20-3)9-21-15-6-4-5-13(17)12(15)7-18/h4-6,8H,7,9,18H2,1-3H3. The molecule has 112 valence electrons. The molecule has 0 aliphatic heterocycles. The van der Waals surface area contributed by atoms with Gasteiger partial charge in [-0.05, 0) is 26.0 Å². The lowest BCUT2D eigenvalue weighted by molar-refractivity contribution is 0.295. The van der Waals surface area contributed by atoms with E-state index in [0.717, 1.165) is 28.1 Å². The van der Waals surface area contributed by atoms with E-state index >= 15 is 0 Å². The predicted molar refractivity (Wildman–Crippen MR) is 83.9 cm³/mol. The van der Waals surface area contributed by atoms with Gasteiger partial charge in [0.25, 0.3) is 0 Å². The van der Waals surface area contributed by atoms with Gasteiger partial charge in [0, 0.05) is 34.5 Å². The molecule has 2 aromatic rings. The molecular weight excluding hydrogens is 288 g/mol. The smallest absolute Gasteiger partial charge is 0.131 e. The Morgan fingerprint density at radius 3 is 2.71 bits per heavy atom. The van der Waals surface area contributed by atoms with E-state index in [1.807, 2.05) is 26.0 Å². The van der Waals surface area contributed by atoms with Gasteiger partial charge < -0.3 is 15.2 Å². The van der Waals surface area contributed by atoms with Crippen molar-refractivity contribution in [2.45, 2.75) is 27.0 Å². The van der Waals surface area contributed by atoms with Crippen molar-refractivity contribution < 1.29 is 9.47 Å². The van der Waals surface area contributed by atoms with E-state index in [2.05, 4.69) is 4.98 Å². The van der Waals surface area contributed by atoms with Crippen LogP contribution in [0.25, 0.3) is 0 Å². The van der Waals surface area contributed by atoms with E-state index in [-0.39, 0.29) is 0 Å². The number of benzene rings is 1. The average Bonchev–Trinajstić information content (AvgIpc) is 2.47. The summed E-state index contributed by atoms with van der Waals surface area (Å²) in [5, 5.41) is 0.612. The van der Waals surface area contributed by atoms with E-state index in [9.17, 15) is 0 Å². The zero-order chi connectivity index (χ0) is 15.4. The Labute approximate surface area is 129 Å². The van der Waals surface area contributed by atoms with E-state index in [0.29, 0.717) is 23.9 Å². The van der Waals surface area contributed by atoms with E-state index in [1.54, 1.807) is 19.4 Å². The van der Waals surface area contributed by atoms with Gasteiger partial charge in [0.15, 0.2) is 0 Å². The first-order chi connectivity index (χ1) is 10.1. The molecule has 0 aliphatic rings. The number of hydrogen-bond donors (Lipinski definition) is 1. The molecule has 0 bridgehead atoms. The first-order valence-corrected chi connectivity index (χ1v) is 7.05. The first kappa shape index (κ1) is 15.6. The summed E-state index contributed by atoms with van der Waals surface area (Å²) in [5.41, 5.74) is 9.34. The second-order valence-corrected chi connectivity index (χ2v) is 5.16. The third-order valence-corrected chi connectivity index (χ3v) is 3.75. The molecule has 5 heteroatoms. The fourth-order valence-electron chi connectivity index (χ4n) is 2.23. The molecule has 0 saturated heterocycles. The van der Waals surface area contributed by atoms with Crippen LogP contribution in [0.1, 0.15) is 22.4 Å². The Hall–Kier alpha value is -1.78. The number of halogens is 1. The van der Waals surface area contributed by atoms with Crippen LogP contribution in [0, 0.1) is 13.8 Å². The Morgan fingerprint density at radius 1 is 1.29 bits per heavy atom. The molecule has 2 N–H and O–H groups in total. The summed E-state index contributed by atoms with van der Waals surface area (Å²) in [4.78, 5) is 4.41. The lowest BCUT2D eigenvalue weighted by Crippen LogP contribution is -2.07. The van der Waals surface area contributed by atoms with Gasteiger partial charge in [-0.3, -0.25) is 4.98 Å². The lowest BCUT2D eigenvalue weighted by Gasteiger charge is -2.15. The molecule has 0 saturated carbocycles. The SMILES string of the molecule is COc1c(C)cnc(COc2cccc(Cl)c2CN)c1C. The molecule has 0 radical (unpaired) electrons. The van der Waals surface area contributed by atoms with Crippen molar-refractivity contribution in [3.8, 4) is 11.5 Å². The second-order valence-electron chi connectivity index (χ2n) is 4.76. The van der Waals surface area contributed by atoms with E-state index in [1.165, 1.54) is 0 Å². The van der Waals surface area contributed by atoms with Gasteiger partial charge in [-0.1, -0.05) is 17.7 Å². The number of nitrogens with zero attached hydrogens (tertiary/aromatic N) is 1. The van der Waals surface area contributed by atoms with E-state index in [4.69, 9.17) is 26.8 Å². The third kappa shape index (κ3) is 3.28. The minimum atomic E-state index is 0.332. The van der Waals surface area contributed by atoms with Crippen LogP contribution >= 0.6 is 11.6 Å². The van der Waals surface area contributed by atoms with Gasteiger partial charge in [0.05, 0.1) is 12.8 Å². The summed E-state index contributed by atoms with van der Waals surface area (Å²) in [6.45, 7) is 4.61. The molecule has 0 amide bonds. The molecule has 1 heterocycles. The molecule has 21 heavy (non-hydrogen) atoms. The Kier molecular flexibility index (Phi) is 5.04. The third-order valence-electron chi connectivity index (χ3n) is 3.39. The van der Waals surface area contributed by atoms with Crippen LogP contribution in [0.2, 0.25) is 5.02 Å². The first-order valence-electron chi connectivity index (χ1n) is 6.67. The van der Waals surface area contributed by atoms with Crippen molar-refractivity contribution in [1.29, 1.82) is 0 Å². The number of aryl methyl sites for hydroxylation is 1. The Bertz CT molecular complexity index is 644. The highest BCUT2D eigenvalue weighted by molar-refractivity contribution is 6.31. The fraction of sp³-hybridized carbons (Fsp3) is 0.312. The molecule has 0 atom stereocenters. The number of aromatic nitrogens is 1. The highest BCUT2D eigenvalue weighted by atomic mass is 35.5. The monoisotopic (exact) mass is 306 g/mol. The molecule has 4 nitrogen and oxygen atoms in total. The summed E-state index contributed by atoms with van der Waals surface area (Å²) in [7, 11) is 1.66. The molecule has 0 fully saturated rings. The second kappa shape index (κ2) is 6.78. The van der Waals surface area contributed by atoms with Crippen LogP contribution in [0.5, 0.6) is 11.5 Å². The van der Waals surface area contributed by atoms with Gasteiger partial charge in [-0.25, -0.2) is 0 Å². The maximum atomic E-state index is 6.12.